The van der Waals surface area contributed by atoms with Gasteiger partial charge in [0, 0.05) is 55.3 Å². The summed E-state index contributed by atoms with van der Waals surface area (Å²) in [5.41, 5.74) is 12.3. The molecule has 0 fully saturated rings. The minimum Gasteiger partial charge on any atom is -0.490 e. The van der Waals surface area contributed by atoms with E-state index in [1.54, 1.807) is 0 Å². The van der Waals surface area contributed by atoms with Crippen molar-refractivity contribution in [3.8, 4) is 34.5 Å². The molecule has 1 aliphatic carbocycles. The van der Waals surface area contributed by atoms with Crippen LogP contribution in [0.5, 0.6) is 34.5 Å². The van der Waals surface area contributed by atoms with Crippen LogP contribution in [0.1, 0.15) is 150 Å². The smallest absolute Gasteiger partial charge is 0.411 e. The van der Waals surface area contributed by atoms with Crippen LogP contribution in [0.2, 0.25) is 0 Å². The van der Waals surface area contributed by atoms with Gasteiger partial charge in [0.05, 0.1) is 36.6 Å². The number of hydrogen-bond acceptors (Lipinski definition) is 8. The van der Waals surface area contributed by atoms with Crippen molar-refractivity contribution >= 4 is 46.6 Å². The third-order valence-electron chi connectivity index (χ3n) is 12.2. The lowest BCUT2D eigenvalue weighted by Crippen LogP contribution is -2.21. The summed E-state index contributed by atoms with van der Waals surface area (Å²) >= 11 is 18.0. The van der Waals surface area contributed by atoms with Crippen LogP contribution in [0.4, 0.5) is 10.5 Å². The zero-order valence-corrected chi connectivity index (χ0v) is 47.9. The van der Waals surface area contributed by atoms with Crippen molar-refractivity contribution < 1.29 is 38.0 Å². The van der Waals surface area contributed by atoms with Crippen LogP contribution >= 0.6 is 34.8 Å². The number of para-hydroxylation sites is 5. The molecular weight excluding hydrogens is 1010 g/mol. The normalized spacial score (nSPS) is 13.0. The zero-order chi connectivity index (χ0) is 54.1. The van der Waals surface area contributed by atoms with Gasteiger partial charge in [-0.25, -0.2) is 4.79 Å². The third kappa shape index (κ3) is 15.7. The third-order valence-corrected chi connectivity index (χ3v) is 12.5. The van der Waals surface area contributed by atoms with Crippen molar-refractivity contribution in [2.75, 3.05) is 11.9 Å². The number of rotatable bonds is 14. The van der Waals surface area contributed by atoms with Gasteiger partial charge in [0.2, 0.25) is 3.79 Å². The Balaban J connectivity index is 1.52. The Kier molecular flexibility index (Phi) is 19.3. The number of benzene rings is 6. The molecule has 1 N–H and O–H groups in total. The lowest BCUT2D eigenvalue weighted by atomic mass is 9.91. The molecule has 0 radical (unpaired) electrons. The Bertz CT molecular complexity index is 2760. The number of carbonyl (C=O) groups excluding carboxylic acids is 1. The highest BCUT2D eigenvalue weighted by atomic mass is 35.6. The van der Waals surface area contributed by atoms with Crippen LogP contribution in [-0.2, 0) is 43.3 Å². The first-order chi connectivity index (χ1) is 35.6. The van der Waals surface area contributed by atoms with E-state index in [9.17, 15) is 4.79 Å². The highest BCUT2D eigenvalue weighted by Crippen LogP contribution is 2.42. The Hall–Kier alpha value is -5.74. The van der Waals surface area contributed by atoms with Crippen LogP contribution < -0.4 is 33.7 Å². The highest BCUT2D eigenvalue weighted by molar-refractivity contribution is 6.67. The Morgan fingerprint density at radius 1 is 0.387 bits per heavy atom. The van der Waals surface area contributed by atoms with Crippen LogP contribution in [0.15, 0.2) is 103 Å². The molecule has 6 aromatic carbocycles. The maximum absolute atomic E-state index is 13.4. The molecule has 1 aliphatic rings. The van der Waals surface area contributed by atoms with Crippen molar-refractivity contribution in [1.29, 1.82) is 0 Å². The summed E-state index contributed by atoms with van der Waals surface area (Å²) in [6.45, 7) is 24.2. The number of nitrogens with one attached hydrogen (secondary N) is 1. The lowest BCUT2D eigenvalue weighted by molar-refractivity contribution is 0.164. The number of amides is 1. The molecule has 7 rings (SSSR count). The molecule has 6 aromatic rings. The molecule has 0 saturated heterocycles. The number of halogens is 3. The number of alkyl halides is 3. The standard InChI is InChI=1S/C63H74Cl3NO8/c1-37(2)70-56-43-18-13-19-44(56)29-46-21-15-23-48(58(46)72-39(5)6)31-50-25-17-27-52(60(50)74-41(9)10)33-54-35-55(67-62(68)69-36-63(64,65)66)34-53(61(54)75-42(11)12)32-51-26-16-24-49(59(51)73-40(7)8)30-47-22-14-20-45(28-43)57(47)71-38(3)4/h13-27,34-35,37-42H,28-33,36H2,1-12H3,(H,67,68). The predicted octanol–water partition coefficient (Wildman–Crippen LogP) is 16.2. The predicted molar refractivity (Wildman–Crippen MR) is 305 cm³/mol. The van der Waals surface area contributed by atoms with Gasteiger partial charge in [-0.1, -0.05) is 126 Å². The molecule has 1 amide bonds. The van der Waals surface area contributed by atoms with Crippen molar-refractivity contribution in [2.24, 2.45) is 0 Å². The van der Waals surface area contributed by atoms with E-state index in [2.05, 4.69) is 138 Å². The second-order valence-electron chi connectivity index (χ2n) is 21.0. The average Bonchev–Trinajstić information content (AvgIpc) is 3.30. The number of carbonyl (C=O) groups is 1. The molecule has 9 nitrogen and oxygen atoms in total. The highest BCUT2D eigenvalue weighted by Gasteiger charge is 2.27. The van der Waals surface area contributed by atoms with Gasteiger partial charge in [0.15, 0.2) is 0 Å². The molecule has 0 saturated carbocycles. The fourth-order valence-electron chi connectivity index (χ4n) is 9.53. The summed E-state index contributed by atoms with van der Waals surface area (Å²) in [4.78, 5) is 13.4. The lowest BCUT2D eigenvalue weighted by Gasteiger charge is -2.25. The molecule has 0 heterocycles. The van der Waals surface area contributed by atoms with Crippen molar-refractivity contribution in [2.45, 2.75) is 162 Å². The second kappa shape index (κ2) is 25.4. The van der Waals surface area contributed by atoms with Crippen LogP contribution in [-0.4, -0.2) is 53.1 Å². The quantitative estimate of drug-likeness (QED) is 0.108. The first kappa shape index (κ1) is 57.0. The van der Waals surface area contributed by atoms with Crippen LogP contribution in [0.25, 0.3) is 0 Å². The molecule has 0 aliphatic heterocycles. The monoisotopic (exact) mass is 1080 g/mol. The number of hydrogen-bond donors (Lipinski definition) is 1. The second-order valence-corrected chi connectivity index (χ2v) is 23.5. The van der Waals surface area contributed by atoms with E-state index >= 15 is 0 Å². The first-order valence-electron chi connectivity index (χ1n) is 26.3. The number of fused-ring (bicyclic) bond motifs is 12. The van der Waals surface area contributed by atoms with Gasteiger partial charge in [-0.05, 0) is 151 Å². The van der Waals surface area contributed by atoms with Crippen LogP contribution in [0, 0.1) is 0 Å². The van der Waals surface area contributed by atoms with E-state index in [1.165, 1.54) is 0 Å². The summed E-state index contributed by atoms with van der Waals surface area (Å²) < 4.78 is 44.6. The summed E-state index contributed by atoms with van der Waals surface area (Å²) in [5.74, 6) is 4.77. The van der Waals surface area contributed by atoms with Crippen LogP contribution in [0.3, 0.4) is 0 Å². The summed E-state index contributed by atoms with van der Waals surface area (Å²) in [6, 6.07) is 35.7. The number of anilines is 1. The van der Waals surface area contributed by atoms with E-state index in [4.69, 9.17) is 68.0 Å². The SMILES string of the molecule is CC(C)Oc1c2cccc1Cc1cccc(c1OC(C)C)Cc1cccc(c1OC(C)C)Cc1cc(NC(=O)OCC(Cl)(Cl)Cl)cc(c1OC(C)C)Cc1cccc(c1OC(C)C)Cc1cccc(c1OC(C)C)C2. The number of ether oxygens (including phenoxy) is 7. The minimum atomic E-state index is -1.79. The van der Waals surface area contributed by atoms with E-state index in [0.29, 0.717) is 50.0 Å². The Morgan fingerprint density at radius 3 is 0.787 bits per heavy atom. The van der Waals surface area contributed by atoms with Gasteiger partial charge < -0.3 is 33.2 Å². The topological polar surface area (TPSA) is 93.7 Å². The van der Waals surface area contributed by atoms with Gasteiger partial charge in [0.25, 0.3) is 0 Å². The molecule has 12 bridgehead atoms. The first-order valence-corrected chi connectivity index (χ1v) is 27.4. The molecule has 0 spiro atoms. The average molecular weight is 1080 g/mol. The van der Waals surface area contributed by atoms with Crippen molar-refractivity contribution in [1.82, 2.24) is 0 Å². The maximum atomic E-state index is 13.4. The summed E-state index contributed by atoms with van der Waals surface area (Å²) in [7, 11) is 0. The maximum Gasteiger partial charge on any atom is 0.411 e. The van der Waals surface area contributed by atoms with Gasteiger partial charge >= 0.3 is 6.09 Å². The summed E-state index contributed by atoms with van der Waals surface area (Å²) in [5, 5.41) is 2.93. The minimum absolute atomic E-state index is 0.0706. The largest absolute Gasteiger partial charge is 0.490 e. The molecule has 0 atom stereocenters. The van der Waals surface area contributed by atoms with E-state index < -0.39 is 16.5 Å². The van der Waals surface area contributed by atoms with Gasteiger partial charge in [-0.2, -0.15) is 0 Å². The van der Waals surface area contributed by atoms with Gasteiger partial charge in [0.1, 0.15) is 41.1 Å². The Labute approximate surface area is 460 Å². The van der Waals surface area contributed by atoms with Gasteiger partial charge in [-0.3, -0.25) is 5.32 Å². The van der Waals surface area contributed by atoms with Crippen molar-refractivity contribution in [3.63, 3.8) is 0 Å². The van der Waals surface area contributed by atoms with E-state index in [0.717, 1.165) is 95.5 Å². The molecule has 0 aromatic heterocycles. The molecular formula is C63H74Cl3NO8. The molecule has 0 unspecified atom stereocenters. The fraction of sp³-hybridized carbons (Fsp3) is 0.413. The van der Waals surface area contributed by atoms with Gasteiger partial charge in [-0.15, -0.1) is 0 Å². The Morgan fingerprint density at radius 2 is 0.587 bits per heavy atom. The molecule has 75 heavy (non-hydrogen) atoms. The fourth-order valence-corrected chi connectivity index (χ4v) is 9.69. The molecule has 12 heteroatoms. The molecule has 400 valence electrons. The summed E-state index contributed by atoms with van der Waals surface area (Å²) in [6.07, 6.45) is 1.46. The van der Waals surface area contributed by atoms with E-state index in [-0.39, 0.29) is 36.6 Å². The van der Waals surface area contributed by atoms with Crippen molar-refractivity contribution in [3.05, 3.63) is 170 Å². The van der Waals surface area contributed by atoms with E-state index in [1.807, 2.05) is 53.7 Å². The zero-order valence-electron chi connectivity index (χ0n) is 45.6.